The van der Waals surface area contributed by atoms with Gasteiger partial charge in [-0.3, -0.25) is 4.68 Å². The summed E-state index contributed by atoms with van der Waals surface area (Å²) in [4.78, 5) is 23.0. The molecule has 4 aromatic rings. The Bertz CT molecular complexity index is 1450. The van der Waals surface area contributed by atoms with Crippen LogP contribution in [-0.2, 0) is 19.3 Å². The van der Waals surface area contributed by atoms with Crippen LogP contribution in [0, 0.1) is 5.92 Å². The van der Waals surface area contributed by atoms with Crippen molar-refractivity contribution in [1.82, 2.24) is 25.1 Å². The van der Waals surface area contributed by atoms with Crippen molar-refractivity contribution in [3.63, 3.8) is 0 Å². The second-order valence-corrected chi connectivity index (χ2v) is 9.40. The smallest absolute Gasteiger partial charge is 0.406 e. The molecule has 4 heterocycles. The molecule has 198 valence electrons. The minimum absolute atomic E-state index is 0.0345. The number of carbonyl (C=O) groups excluding carboxylic acids is 1. The summed E-state index contributed by atoms with van der Waals surface area (Å²) in [6, 6.07) is 10.7. The van der Waals surface area contributed by atoms with Gasteiger partial charge in [0, 0.05) is 37.4 Å². The van der Waals surface area contributed by atoms with Crippen molar-refractivity contribution in [2.75, 3.05) is 23.7 Å². The first kappa shape index (κ1) is 25.3. The largest absolute Gasteiger partial charge is 0.438 e. The van der Waals surface area contributed by atoms with Crippen molar-refractivity contribution in [2.24, 2.45) is 5.92 Å². The number of hydrogen-bond donors (Lipinski definition) is 2. The molecule has 38 heavy (non-hydrogen) atoms. The molecule has 9 nitrogen and oxygen atoms in total. The summed E-state index contributed by atoms with van der Waals surface area (Å²) in [5, 5.41) is 7.69. The molecule has 1 aliphatic rings. The van der Waals surface area contributed by atoms with E-state index in [0.29, 0.717) is 22.9 Å². The highest BCUT2D eigenvalue weighted by molar-refractivity contribution is 5.91. The van der Waals surface area contributed by atoms with E-state index in [0.717, 1.165) is 47.0 Å². The van der Waals surface area contributed by atoms with Crippen LogP contribution in [0.3, 0.4) is 0 Å². The molecule has 5 rings (SSSR count). The van der Waals surface area contributed by atoms with E-state index < -0.39 is 23.7 Å². The van der Waals surface area contributed by atoms with Crippen LogP contribution < -0.4 is 20.7 Å². The van der Waals surface area contributed by atoms with Crippen LogP contribution in [0.5, 0.6) is 5.75 Å². The molecule has 0 radical (unpaired) electrons. The van der Waals surface area contributed by atoms with Crippen LogP contribution in [0.4, 0.5) is 29.6 Å². The van der Waals surface area contributed by atoms with E-state index in [2.05, 4.69) is 32.2 Å². The fourth-order valence-electron chi connectivity index (χ4n) is 4.45. The van der Waals surface area contributed by atoms with E-state index in [-0.39, 0.29) is 13.1 Å². The Morgan fingerprint density at radius 2 is 2.00 bits per heavy atom. The molecule has 1 amide bonds. The van der Waals surface area contributed by atoms with Gasteiger partial charge in [0.25, 0.3) is 0 Å². The van der Waals surface area contributed by atoms with Crippen molar-refractivity contribution in [3.05, 3.63) is 71.8 Å². The number of hydrogen-bond acceptors (Lipinski definition) is 7. The number of aromatic nitrogens is 4. The highest BCUT2D eigenvalue weighted by atomic mass is 19.4. The number of fused-ring (bicyclic) bond motifs is 1. The number of halogens is 3. The summed E-state index contributed by atoms with van der Waals surface area (Å²) in [5.74, 6) is 1.14. The Morgan fingerprint density at radius 3 is 2.71 bits per heavy atom. The molecule has 1 atom stereocenters. The van der Waals surface area contributed by atoms with Gasteiger partial charge in [0.15, 0.2) is 5.75 Å². The average Bonchev–Trinajstić information content (AvgIpc) is 3.49. The van der Waals surface area contributed by atoms with E-state index >= 15 is 0 Å². The highest BCUT2D eigenvalue weighted by Gasteiger charge is 2.39. The Morgan fingerprint density at radius 1 is 1.18 bits per heavy atom. The normalized spacial score (nSPS) is 15.7. The molecule has 12 heteroatoms. The molecule has 0 bridgehead atoms. The molecular weight excluding hydrogens is 499 g/mol. The van der Waals surface area contributed by atoms with Crippen LogP contribution in [0.1, 0.15) is 30.2 Å². The molecule has 1 fully saturated rings. The molecule has 1 aliphatic heterocycles. The lowest BCUT2D eigenvalue weighted by atomic mass is 10.1. The van der Waals surface area contributed by atoms with Gasteiger partial charge in [-0.2, -0.15) is 18.3 Å². The van der Waals surface area contributed by atoms with Crippen LogP contribution in [0.25, 0.3) is 10.8 Å². The van der Waals surface area contributed by atoms with E-state index in [1.165, 1.54) is 0 Å². The third kappa shape index (κ3) is 5.63. The number of nitrogens with two attached hydrogens (primary N) is 1. The SMILES string of the molecule is C[C@H]1CCN(c2ccc(Cn3cc(OC(=O)NCc4ccc5c(N)nccc5c4)c(C(F)(F)F)n3)cn2)C1. The van der Waals surface area contributed by atoms with Gasteiger partial charge in [-0.25, -0.2) is 14.8 Å². The highest BCUT2D eigenvalue weighted by Crippen LogP contribution is 2.35. The number of nitrogens with zero attached hydrogens (tertiary/aromatic N) is 5. The number of carbonyl (C=O) groups is 1. The molecule has 1 aromatic carbocycles. The van der Waals surface area contributed by atoms with Crippen molar-refractivity contribution in [1.29, 1.82) is 0 Å². The lowest BCUT2D eigenvalue weighted by molar-refractivity contribution is -0.142. The first-order valence-corrected chi connectivity index (χ1v) is 12.1. The quantitative estimate of drug-likeness (QED) is 0.378. The Balaban J connectivity index is 1.25. The maximum atomic E-state index is 13.6. The molecule has 0 saturated carbocycles. The summed E-state index contributed by atoms with van der Waals surface area (Å²) < 4.78 is 47.0. The number of pyridine rings is 2. The fraction of sp³-hybridized carbons (Fsp3) is 0.308. The van der Waals surface area contributed by atoms with Gasteiger partial charge in [-0.1, -0.05) is 25.1 Å². The number of nitrogen functional groups attached to an aromatic ring is 1. The molecule has 3 aromatic heterocycles. The summed E-state index contributed by atoms with van der Waals surface area (Å²) in [5.41, 5.74) is 5.95. The first-order chi connectivity index (χ1) is 18.2. The van der Waals surface area contributed by atoms with Gasteiger partial charge in [-0.05, 0) is 47.1 Å². The van der Waals surface area contributed by atoms with E-state index in [4.69, 9.17) is 10.5 Å². The maximum absolute atomic E-state index is 13.6. The number of amides is 1. The Hall–Kier alpha value is -4.35. The lowest BCUT2D eigenvalue weighted by Crippen LogP contribution is -2.27. The zero-order valence-corrected chi connectivity index (χ0v) is 20.6. The summed E-state index contributed by atoms with van der Waals surface area (Å²) in [6.07, 6.45) is -0.491. The minimum atomic E-state index is -4.80. The van der Waals surface area contributed by atoms with Gasteiger partial charge in [0.05, 0.1) is 12.7 Å². The molecule has 0 unspecified atom stereocenters. The summed E-state index contributed by atoms with van der Waals surface area (Å²) >= 11 is 0. The van der Waals surface area contributed by atoms with Gasteiger partial charge in [0.2, 0.25) is 5.69 Å². The van der Waals surface area contributed by atoms with Gasteiger partial charge in [-0.15, -0.1) is 0 Å². The van der Waals surface area contributed by atoms with Gasteiger partial charge in [0.1, 0.15) is 11.6 Å². The predicted molar refractivity (Wildman–Crippen MR) is 136 cm³/mol. The zero-order chi connectivity index (χ0) is 26.9. The van der Waals surface area contributed by atoms with E-state index in [1.54, 1.807) is 42.7 Å². The second kappa shape index (κ2) is 10.2. The molecule has 3 N–H and O–H groups in total. The summed E-state index contributed by atoms with van der Waals surface area (Å²) in [6.45, 7) is 4.11. The number of benzene rings is 1. The second-order valence-electron chi connectivity index (χ2n) is 9.40. The van der Waals surface area contributed by atoms with Crippen LogP contribution in [0.2, 0.25) is 0 Å². The van der Waals surface area contributed by atoms with Gasteiger partial charge >= 0.3 is 12.3 Å². The third-order valence-corrected chi connectivity index (χ3v) is 6.40. The number of alkyl halides is 3. The maximum Gasteiger partial charge on any atom is 0.438 e. The van der Waals surface area contributed by atoms with Gasteiger partial charge < -0.3 is 20.7 Å². The zero-order valence-electron chi connectivity index (χ0n) is 20.6. The molecule has 0 aliphatic carbocycles. The molecule has 0 spiro atoms. The minimum Gasteiger partial charge on any atom is -0.406 e. The van der Waals surface area contributed by atoms with E-state index in [1.807, 2.05) is 6.07 Å². The van der Waals surface area contributed by atoms with Crippen LogP contribution >= 0.6 is 0 Å². The van der Waals surface area contributed by atoms with Crippen molar-refractivity contribution in [2.45, 2.75) is 32.6 Å². The van der Waals surface area contributed by atoms with Crippen molar-refractivity contribution in [3.8, 4) is 5.75 Å². The topological polar surface area (TPSA) is 111 Å². The Labute approximate surface area is 216 Å². The van der Waals surface area contributed by atoms with E-state index in [9.17, 15) is 18.0 Å². The first-order valence-electron chi connectivity index (χ1n) is 12.1. The van der Waals surface area contributed by atoms with Crippen molar-refractivity contribution >= 4 is 28.5 Å². The monoisotopic (exact) mass is 525 g/mol. The van der Waals surface area contributed by atoms with Crippen LogP contribution in [0.15, 0.2) is 55.0 Å². The van der Waals surface area contributed by atoms with Crippen LogP contribution in [-0.4, -0.2) is 38.9 Å². The third-order valence-electron chi connectivity index (χ3n) is 6.40. The standard InChI is InChI=1S/C26H26F3N7O2/c1-16-7-9-35(13-16)22-5-3-18(12-32-22)14-36-15-21(23(34-36)26(27,28)29)38-25(37)33-11-17-2-4-20-19(10-17)6-8-31-24(20)30/h2-6,8,10,12,15-16H,7,9,11,13-14H2,1H3,(H2,30,31)(H,33,37)/t16-/m0/s1. The molecule has 1 saturated heterocycles. The molecular formula is C26H26F3N7O2. The number of nitrogens with one attached hydrogen (secondary N) is 1. The number of anilines is 2. The Kier molecular flexibility index (Phi) is 6.79. The summed E-state index contributed by atoms with van der Waals surface area (Å²) in [7, 11) is 0. The van der Waals surface area contributed by atoms with Crippen molar-refractivity contribution < 1.29 is 22.7 Å². The lowest BCUT2D eigenvalue weighted by Gasteiger charge is -2.17. The fourth-order valence-corrected chi connectivity index (χ4v) is 4.45. The number of ether oxygens (including phenoxy) is 1. The predicted octanol–water partition coefficient (Wildman–Crippen LogP) is 4.61. The number of rotatable bonds is 6. The average molecular weight is 526 g/mol.